The second kappa shape index (κ2) is 11.5. The molecule has 0 saturated carbocycles. The van der Waals surface area contributed by atoms with Gasteiger partial charge in [0, 0.05) is 55.3 Å². The predicted octanol–water partition coefficient (Wildman–Crippen LogP) is 6.52. The Morgan fingerprint density at radius 1 is 1.05 bits per heavy atom. The molecular weight excluding hydrogens is 514 g/mol. The van der Waals surface area contributed by atoms with Crippen LogP contribution in [0.4, 0.5) is 23.2 Å². The lowest BCUT2D eigenvalue weighted by atomic mass is 9.87. The van der Waals surface area contributed by atoms with Gasteiger partial charge in [0.05, 0.1) is 10.5 Å². The van der Waals surface area contributed by atoms with Crippen LogP contribution in [-0.2, 0) is 12.7 Å². The summed E-state index contributed by atoms with van der Waals surface area (Å²) in [6.45, 7) is 4.99. The number of hydrogen-bond acceptors (Lipinski definition) is 4. The van der Waals surface area contributed by atoms with Crippen molar-refractivity contribution in [2.45, 2.75) is 38.5 Å². The molecule has 0 radical (unpaired) electrons. The molecule has 1 saturated heterocycles. The van der Waals surface area contributed by atoms with E-state index >= 15 is 0 Å². The average molecular weight is 544 g/mol. The Hall–Kier alpha value is -3.79. The number of alkyl halides is 3. The molecule has 1 heterocycles. The van der Waals surface area contributed by atoms with Gasteiger partial charge in [0.1, 0.15) is 5.82 Å². The molecule has 0 bridgehead atoms. The summed E-state index contributed by atoms with van der Waals surface area (Å²) >= 11 is 0. The van der Waals surface area contributed by atoms with Crippen LogP contribution in [0.5, 0.6) is 0 Å². The average Bonchev–Trinajstić information content (AvgIpc) is 3.29. The number of halogens is 4. The van der Waals surface area contributed by atoms with Crippen LogP contribution in [0.1, 0.15) is 46.8 Å². The maximum atomic E-state index is 13.5. The Labute approximate surface area is 224 Å². The number of likely N-dealkylation sites (tertiary alicyclic amines) is 1. The van der Waals surface area contributed by atoms with Gasteiger partial charge in [0.2, 0.25) is 0 Å². The summed E-state index contributed by atoms with van der Waals surface area (Å²) in [5.74, 6) is -1.36. The molecule has 0 N–H and O–H groups in total. The molecule has 1 aliphatic rings. The van der Waals surface area contributed by atoms with Gasteiger partial charge in [0.15, 0.2) is 0 Å². The van der Waals surface area contributed by atoms with Crippen molar-refractivity contribution in [1.82, 2.24) is 9.80 Å². The van der Waals surface area contributed by atoms with E-state index in [0.29, 0.717) is 29.8 Å². The van der Waals surface area contributed by atoms with Crippen LogP contribution in [0, 0.1) is 21.8 Å². The zero-order chi connectivity index (χ0) is 28.3. The maximum absolute atomic E-state index is 13.5. The van der Waals surface area contributed by atoms with Crippen molar-refractivity contribution in [2.24, 2.45) is 5.92 Å². The van der Waals surface area contributed by atoms with Gasteiger partial charge in [0.25, 0.3) is 11.6 Å². The predicted molar refractivity (Wildman–Crippen MR) is 139 cm³/mol. The third-order valence-corrected chi connectivity index (χ3v) is 7.15. The third-order valence-electron chi connectivity index (χ3n) is 7.15. The summed E-state index contributed by atoms with van der Waals surface area (Å²) in [5.41, 5.74) is 0.549. The molecule has 2 atom stereocenters. The van der Waals surface area contributed by atoms with E-state index in [1.807, 2.05) is 18.7 Å². The number of carbonyl (C=O) groups excluding carboxylic acids is 1. The van der Waals surface area contributed by atoms with E-state index in [1.165, 1.54) is 36.4 Å². The smallest absolute Gasteiger partial charge is 0.336 e. The van der Waals surface area contributed by atoms with Gasteiger partial charge in [-0.1, -0.05) is 36.4 Å². The van der Waals surface area contributed by atoms with E-state index in [1.54, 1.807) is 29.2 Å². The molecule has 206 valence electrons. The SMILES string of the molecule is CC(C)N(C[C@@H]1CN(Cc2ccccc2[N+](=O)[O-])C[C@@H]1c1cccc(C(F)(F)F)c1)C(=O)c1ccc(F)cc1. The minimum Gasteiger partial charge on any atom is -0.336 e. The van der Waals surface area contributed by atoms with E-state index in [-0.39, 0.29) is 42.6 Å². The molecule has 0 unspecified atom stereocenters. The molecule has 1 amide bonds. The molecule has 39 heavy (non-hydrogen) atoms. The molecule has 1 fully saturated rings. The highest BCUT2D eigenvalue weighted by Crippen LogP contribution is 2.38. The van der Waals surface area contributed by atoms with Crippen molar-refractivity contribution in [3.05, 3.63) is 111 Å². The van der Waals surface area contributed by atoms with Gasteiger partial charge in [-0.25, -0.2) is 4.39 Å². The van der Waals surface area contributed by atoms with Crippen LogP contribution < -0.4 is 0 Å². The minimum absolute atomic E-state index is 0.0214. The topological polar surface area (TPSA) is 66.7 Å². The molecule has 0 aromatic heterocycles. The van der Waals surface area contributed by atoms with E-state index < -0.39 is 22.5 Å². The van der Waals surface area contributed by atoms with Crippen molar-refractivity contribution in [3.63, 3.8) is 0 Å². The number of carbonyl (C=O) groups is 1. The fourth-order valence-electron chi connectivity index (χ4n) is 5.20. The van der Waals surface area contributed by atoms with E-state index in [4.69, 9.17) is 0 Å². The van der Waals surface area contributed by atoms with Crippen molar-refractivity contribution in [2.75, 3.05) is 19.6 Å². The fraction of sp³-hybridized carbons (Fsp3) is 0.345. The fourth-order valence-corrected chi connectivity index (χ4v) is 5.20. The molecule has 4 rings (SSSR count). The molecule has 3 aromatic rings. The van der Waals surface area contributed by atoms with Crippen LogP contribution in [0.25, 0.3) is 0 Å². The van der Waals surface area contributed by atoms with Crippen molar-refractivity contribution in [3.8, 4) is 0 Å². The number of hydrogen-bond donors (Lipinski definition) is 0. The van der Waals surface area contributed by atoms with Gasteiger partial charge in [-0.2, -0.15) is 13.2 Å². The lowest BCUT2D eigenvalue weighted by Gasteiger charge is -2.32. The summed E-state index contributed by atoms with van der Waals surface area (Å²) in [7, 11) is 0. The first-order chi connectivity index (χ1) is 18.4. The minimum atomic E-state index is -4.50. The van der Waals surface area contributed by atoms with E-state index in [9.17, 15) is 32.5 Å². The van der Waals surface area contributed by atoms with Crippen LogP contribution >= 0.6 is 0 Å². The van der Waals surface area contributed by atoms with Crippen LogP contribution in [0.2, 0.25) is 0 Å². The molecule has 10 heteroatoms. The Balaban J connectivity index is 1.65. The van der Waals surface area contributed by atoms with Gasteiger partial charge in [-0.15, -0.1) is 0 Å². The van der Waals surface area contributed by atoms with Crippen molar-refractivity contribution in [1.29, 1.82) is 0 Å². The van der Waals surface area contributed by atoms with Crippen LogP contribution in [0.3, 0.4) is 0 Å². The summed E-state index contributed by atoms with van der Waals surface area (Å²) in [5, 5.41) is 11.5. The van der Waals surface area contributed by atoms with Gasteiger partial charge < -0.3 is 4.90 Å². The highest BCUT2D eigenvalue weighted by molar-refractivity contribution is 5.94. The Morgan fingerprint density at radius 2 is 1.74 bits per heavy atom. The summed E-state index contributed by atoms with van der Waals surface area (Å²) in [4.78, 5) is 28.1. The van der Waals surface area contributed by atoms with Crippen LogP contribution in [0.15, 0.2) is 72.8 Å². The number of nitro groups is 1. The summed E-state index contributed by atoms with van der Waals surface area (Å²) in [6, 6.07) is 16.6. The highest BCUT2D eigenvalue weighted by atomic mass is 19.4. The number of para-hydroxylation sites is 1. The molecule has 0 aliphatic carbocycles. The second-order valence-corrected chi connectivity index (χ2v) is 10.1. The molecule has 0 spiro atoms. The standard InChI is InChI=1S/C29H29F4N3O3/c1-19(2)35(28(37)20-10-12-25(30)13-11-20)17-23-16-34(15-22-6-3-4-9-27(22)36(38)39)18-26(23)21-7-5-8-24(14-21)29(31,32)33/h3-14,19,23,26H,15-18H2,1-2H3/t23-,26+/m0/s1. The van der Waals surface area contributed by atoms with Crippen molar-refractivity contribution >= 4 is 11.6 Å². The Bertz CT molecular complexity index is 1330. The maximum Gasteiger partial charge on any atom is 0.416 e. The number of nitro benzene ring substituents is 1. The quantitative estimate of drug-likeness (QED) is 0.184. The first-order valence-electron chi connectivity index (χ1n) is 12.6. The first kappa shape index (κ1) is 28.2. The molecule has 1 aliphatic heterocycles. The summed E-state index contributed by atoms with van der Waals surface area (Å²) < 4.78 is 54.0. The molecule has 6 nitrogen and oxygen atoms in total. The largest absolute Gasteiger partial charge is 0.416 e. The third kappa shape index (κ3) is 6.62. The van der Waals surface area contributed by atoms with Crippen molar-refractivity contribution < 1.29 is 27.3 Å². The lowest BCUT2D eigenvalue weighted by molar-refractivity contribution is -0.385. The number of amides is 1. The normalized spacial score (nSPS) is 17.9. The van der Waals surface area contributed by atoms with E-state index in [0.717, 1.165) is 12.1 Å². The Kier molecular flexibility index (Phi) is 8.34. The highest BCUT2D eigenvalue weighted by Gasteiger charge is 2.38. The number of benzene rings is 3. The van der Waals surface area contributed by atoms with Gasteiger partial charge in [-0.3, -0.25) is 19.8 Å². The molecule has 3 aromatic carbocycles. The van der Waals surface area contributed by atoms with E-state index in [2.05, 4.69) is 0 Å². The number of nitrogens with zero attached hydrogens (tertiary/aromatic N) is 3. The summed E-state index contributed by atoms with van der Waals surface area (Å²) in [6.07, 6.45) is -4.50. The van der Waals surface area contributed by atoms with Gasteiger partial charge in [-0.05, 0) is 55.7 Å². The monoisotopic (exact) mass is 543 g/mol. The van der Waals surface area contributed by atoms with Gasteiger partial charge >= 0.3 is 6.18 Å². The zero-order valence-electron chi connectivity index (χ0n) is 21.6. The Morgan fingerprint density at radius 3 is 2.38 bits per heavy atom. The lowest BCUT2D eigenvalue weighted by Crippen LogP contribution is -2.42. The second-order valence-electron chi connectivity index (χ2n) is 10.1. The van der Waals surface area contributed by atoms with Crippen LogP contribution in [-0.4, -0.2) is 46.3 Å². The first-order valence-corrected chi connectivity index (χ1v) is 12.6. The molecular formula is C29H29F4N3O3. The zero-order valence-corrected chi connectivity index (χ0v) is 21.6. The number of rotatable bonds is 8.